The predicted molar refractivity (Wildman–Crippen MR) is 90.0 cm³/mol. The molecule has 2 aromatic heterocycles. The molecule has 0 radical (unpaired) electrons. The van der Waals surface area contributed by atoms with E-state index in [0.717, 1.165) is 0 Å². The Morgan fingerprint density at radius 3 is 2.92 bits per heavy atom. The largest absolute Gasteiger partial charge is 0.325 e. The first-order valence-electron chi connectivity index (χ1n) is 7.06. The molecule has 8 nitrogen and oxygen atoms in total. The fourth-order valence-corrected chi connectivity index (χ4v) is 2.89. The van der Waals surface area contributed by atoms with Gasteiger partial charge in [-0.15, -0.1) is 10.2 Å². The number of amides is 1. The maximum atomic E-state index is 12.3. The number of nitrogens with one attached hydrogen (secondary N) is 1. The summed E-state index contributed by atoms with van der Waals surface area (Å²) >= 11 is 1.26. The molecule has 1 aromatic carbocycles. The van der Waals surface area contributed by atoms with Crippen molar-refractivity contribution < 1.29 is 9.72 Å². The van der Waals surface area contributed by atoms with Crippen LogP contribution in [0.2, 0.25) is 0 Å². The molecule has 3 rings (SSSR count). The summed E-state index contributed by atoms with van der Waals surface area (Å²) in [5, 5.41) is 21.7. The van der Waals surface area contributed by atoms with Gasteiger partial charge in [0.25, 0.3) is 5.69 Å². The molecule has 0 bridgehead atoms. The zero-order chi connectivity index (χ0) is 17.1. The fourth-order valence-electron chi connectivity index (χ4n) is 2.05. The van der Waals surface area contributed by atoms with Crippen LogP contribution in [-0.4, -0.2) is 30.7 Å². The first-order valence-corrected chi connectivity index (χ1v) is 7.94. The molecule has 24 heavy (non-hydrogen) atoms. The Morgan fingerprint density at radius 1 is 1.29 bits per heavy atom. The third-order valence-electron chi connectivity index (χ3n) is 3.26. The third kappa shape index (κ3) is 3.35. The van der Waals surface area contributed by atoms with E-state index >= 15 is 0 Å². The van der Waals surface area contributed by atoms with Crippen molar-refractivity contribution in [3.8, 4) is 0 Å². The number of hydrogen-bond acceptors (Lipinski definition) is 6. The van der Waals surface area contributed by atoms with E-state index in [1.807, 2.05) is 24.4 Å². The van der Waals surface area contributed by atoms with Gasteiger partial charge in [0.05, 0.1) is 10.2 Å². The Bertz CT molecular complexity index is 911. The van der Waals surface area contributed by atoms with Gasteiger partial charge in [-0.1, -0.05) is 23.9 Å². The normalized spacial score (nSPS) is 12.0. The molecule has 0 saturated heterocycles. The van der Waals surface area contributed by atoms with Crippen LogP contribution in [0.3, 0.4) is 0 Å². The van der Waals surface area contributed by atoms with Gasteiger partial charge >= 0.3 is 0 Å². The molecule has 1 unspecified atom stereocenters. The van der Waals surface area contributed by atoms with E-state index < -0.39 is 10.2 Å². The molecule has 1 atom stereocenters. The topological polar surface area (TPSA) is 102 Å². The molecule has 9 heteroatoms. The van der Waals surface area contributed by atoms with Gasteiger partial charge in [0, 0.05) is 24.0 Å². The molecule has 3 aromatic rings. The Hall–Kier alpha value is -2.94. The van der Waals surface area contributed by atoms with E-state index in [2.05, 4.69) is 15.5 Å². The molecular formula is C15H13N5O3S. The monoisotopic (exact) mass is 343 g/mol. The summed E-state index contributed by atoms with van der Waals surface area (Å²) in [4.78, 5) is 22.6. The average Bonchev–Trinajstić information content (AvgIpc) is 2.98. The SMILES string of the molecule is CC(Sc1nnc2ccccn12)C(=O)Nc1cccc([N+](=O)[O-])c1. The van der Waals surface area contributed by atoms with E-state index in [1.54, 1.807) is 17.4 Å². The van der Waals surface area contributed by atoms with Crippen molar-refractivity contribution in [2.24, 2.45) is 0 Å². The molecule has 0 aliphatic rings. The van der Waals surface area contributed by atoms with Crippen molar-refractivity contribution in [2.75, 3.05) is 5.32 Å². The van der Waals surface area contributed by atoms with Crippen molar-refractivity contribution in [1.82, 2.24) is 14.6 Å². The Labute approximate surface area is 141 Å². The number of pyridine rings is 1. The van der Waals surface area contributed by atoms with Crippen LogP contribution in [0.5, 0.6) is 0 Å². The minimum absolute atomic E-state index is 0.0726. The van der Waals surface area contributed by atoms with Gasteiger partial charge in [-0.05, 0) is 25.1 Å². The minimum Gasteiger partial charge on any atom is -0.325 e. The van der Waals surface area contributed by atoms with Gasteiger partial charge < -0.3 is 5.32 Å². The van der Waals surface area contributed by atoms with E-state index in [0.29, 0.717) is 16.5 Å². The highest BCUT2D eigenvalue weighted by molar-refractivity contribution is 8.00. The van der Waals surface area contributed by atoms with Crippen molar-refractivity contribution in [3.63, 3.8) is 0 Å². The summed E-state index contributed by atoms with van der Waals surface area (Å²) < 4.78 is 1.79. The lowest BCUT2D eigenvalue weighted by molar-refractivity contribution is -0.384. The number of non-ortho nitro benzene ring substituents is 1. The summed E-state index contributed by atoms with van der Waals surface area (Å²) in [7, 11) is 0. The molecule has 2 heterocycles. The van der Waals surface area contributed by atoms with Crippen molar-refractivity contribution in [2.45, 2.75) is 17.3 Å². The van der Waals surface area contributed by atoms with Crippen LogP contribution in [-0.2, 0) is 4.79 Å². The molecule has 1 amide bonds. The number of nitro groups is 1. The van der Waals surface area contributed by atoms with Gasteiger partial charge in [0.15, 0.2) is 10.8 Å². The summed E-state index contributed by atoms with van der Waals surface area (Å²) in [5.74, 6) is -0.270. The lowest BCUT2D eigenvalue weighted by Gasteiger charge is -2.10. The van der Waals surface area contributed by atoms with Crippen LogP contribution in [0, 0.1) is 10.1 Å². The summed E-state index contributed by atoms with van der Waals surface area (Å²) in [5.41, 5.74) is 1.01. The second-order valence-electron chi connectivity index (χ2n) is 4.97. The lowest BCUT2D eigenvalue weighted by atomic mass is 10.2. The first-order chi connectivity index (χ1) is 11.5. The van der Waals surface area contributed by atoms with E-state index in [4.69, 9.17) is 0 Å². The Kier molecular flexibility index (Phi) is 4.43. The van der Waals surface area contributed by atoms with Crippen molar-refractivity contribution in [3.05, 3.63) is 58.8 Å². The number of rotatable bonds is 5. The Morgan fingerprint density at radius 2 is 2.12 bits per heavy atom. The van der Waals surface area contributed by atoms with Crippen LogP contribution >= 0.6 is 11.8 Å². The number of fused-ring (bicyclic) bond motifs is 1. The van der Waals surface area contributed by atoms with Crippen LogP contribution in [0.1, 0.15) is 6.92 Å². The minimum atomic E-state index is -0.504. The average molecular weight is 343 g/mol. The molecular weight excluding hydrogens is 330 g/mol. The van der Waals surface area contributed by atoms with Crippen molar-refractivity contribution >= 4 is 34.7 Å². The molecule has 1 N–H and O–H groups in total. The number of thioether (sulfide) groups is 1. The standard InChI is InChI=1S/C15H13N5O3S/c1-10(24-15-18-17-13-7-2-3-8-19(13)15)14(21)16-11-5-4-6-12(9-11)20(22)23/h2-10H,1H3,(H,16,21). The van der Waals surface area contributed by atoms with Crippen LogP contribution in [0.25, 0.3) is 5.65 Å². The number of benzene rings is 1. The smallest absolute Gasteiger partial charge is 0.271 e. The quantitative estimate of drug-likeness (QED) is 0.434. The molecule has 0 aliphatic heterocycles. The number of hydrogen-bond donors (Lipinski definition) is 1. The summed E-state index contributed by atoms with van der Waals surface area (Å²) in [6, 6.07) is 11.4. The van der Waals surface area contributed by atoms with Crippen LogP contribution < -0.4 is 5.32 Å². The van der Waals surface area contributed by atoms with E-state index in [1.165, 1.54) is 30.0 Å². The number of carbonyl (C=O) groups is 1. The number of anilines is 1. The van der Waals surface area contributed by atoms with Gasteiger partial charge in [-0.25, -0.2) is 0 Å². The second kappa shape index (κ2) is 6.67. The zero-order valence-corrected chi connectivity index (χ0v) is 13.4. The summed E-state index contributed by atoms with van der Waals surface area (Å²) in [6.45, 7) is 1.74. The predicted octanol–water partition coefficient (Wildman–Crippen LogP) is 2.76. The molecule has 0 saturated carbocycles. The summed E-state index contributed by atoms with van der Waals surface area (Å²) in [6.07, 6.45) is 1.82. The highest BCUT2D eigenvalue weighted by atomic mass is 32.2. The van der Waals surface area contributed by atoms with Crippen molar-refractivity contribution in [1.29, 1.82) is 0 Å². The number of nitro benzene ring substituents is 1. The van der Waals surface area contributed by atoms with Gasteiger partial charge in [-0.3, -0.25) is 19.3 Å². The molecule has 0 fully saturated rings. The maximum Gasteiger partial charge on any atom is 0.271 e. The third-order valence-corrected chi connectivity index (χ3v) is 4.32. The van der Waals surface area contributed by atoms with E-state index in [-0.39, 0.29) is 11.6 Å². The molecule has 122 valence electrons. The lowest BCUT2D eigenvalue weighted by Crippen LogP contribution is -2.22. The van der Waals surface area contributed by atoms with Gasteiger partial charge in [0.2, 0.25) is 5.91 Å². The first kappa shape index (κ1) is 15.9. The highest BCUT2D eigenvalue weighted by Crippen LogP contribution is 2.24. The number of aromatic nitrogens is 3. The molecule has 0 spiro atoms. The van der Waals surface area contributed by atoms with Crippen LogP contribution in [0.15, 0.2) is 53.8 Å². The van der Waals surface area contributed by atoms with E-state index in [9.17, 15) is 14.9 Å². The van der Waals surface area contributed by atoms with Gasteiger partial charge in [0.1, 0.15) is 0 Å². The number of nitrogens with zero attached hydrogens (tertiary/aromatic N) is 4. The highest BCUT2D eigenvalue weighted by Gasteiger charge is 2.18. The zero-order valence-electron chi connectivity index (χ0n) is 12.6. The molecule has 0 aliphatic carbocycles. The van der Waals surface area contributed by atoms with Crippen LogP contribution in [0.4, 0.5) is 11.4 Å². The second-order valence-corrected chi connectivity index (χ2v) is 6.28. The maximum absolute atomic E-state index is 12.3. The Balaban J connectivity index is 1.71. The van der Waals surface area contributed by atoms with Gasteiger partial charge in [-0.2, -0.15) is 0 Å². The number of carbonyl (C=O) groups excluding carboxylic acids is 1. The fraction of sp³-hybridized carbons (Fsp3) is 0.133.